The number of nitrogens with zero attached hydrogens (tertiary/aromatic N) is 2. The highest BCUT2D eigenvalue weighted by atomic mass is 19.2. The molecule has 0 aliphatic rings. The van der Waals surface area contributed by atoms with Crippen LogP contribution in [-0.2, 0) is 0 Å². The van der Waals surface area contributed by atoms with Gasteiger partial charge in [0.15, 0.2) is 23.3 Å². The Morgan fingerprint density at radius 2 is 1.72 bits per heavy atom. The summed E-state index contributed by atoms with van der Waals surface area (Å²) in [6.07, 6.45) is 1.27. The normalized spacial score (nSPS) is 11.0. The average Bonchev–Trinajstić information content (AvgIpc) is 3.09. The van der Waals surface area contributed by atoms with Crippen LogP contribution in [0.2, 0.25) is 0 Å². The van der Waals surface area contributed by atoms with Gasteiger partial charge in [0, 0.05) is 28.8 Å². The predicted molar refractivity (Wildman–Crippen MR) is 95.9 cm³/mol. The van der Waals surface area contributed by atoms with E-state index in [-0.39, 0.29) is 33.3 Å². The SMILES string of the molecule is N#Cc1c(-c2c[nH]c3c(F)cc(F)cc23)nc(N)c(F)c1-c1ccc(F)c(F)c1. The molecule has 3 N–H and O–H groups in total. The number of rotatable bonds is 2. The smallest absolute Gasteiger partial charge is 0.174 e. The molecule has 4 aromatic rings. The molecule has 29 heavy (non-hydrogen) atoms. The third-order valence-corrected chi connectivity index (χ3v) is 4.44. The Morgan fingerprint density at radius 1 is 0.966 bits per heavy atom. The number of nitrogens with one attached hydrogen (secondary N) is 1. The molecule has 0 bridgehead atoms. The molecule has 0 fully saturated rings. The van der Waals surface area contributed by atoms with Crippen LogP contribution >= 0.6 is 0 Å². The van der Waals surface area contributed by atoms with Gasteiger partial charge in [-0.25, -0.2) is 26.9 Å². The van der Waals surface area contributed by atoms with Crippen molar-refractivity contribution >= 4 is 16.7 Å². The highest BCUT2D eigenvalue weighted by Gasteiger charge is 2.24. The summed E-state index contributed by atoms with van der Waals surface area (Å²) in [5.74, 6) is -5.87. The van der Waals surface area contributed by atoms with Crippen LogP contribution in [0.15, 0.2) is 36.5 Å². The summed E-state index contributed by atoms with van der Waals surface area (Å²) >= 11 is 0. The van der Waals surface area contributed by atoms with E-state index in [1.165, 1.54) is 6.20 Å². The Morgan fingerprint density at radius 3 is 2.41 bits per heavy atom. The number of pyridine rings is 1. The Bertz CT molecular complexity index is 1340. The maximum atomic E-state index is 14.7. The summed E-state index contributed by atoms with van der Waals surface area (Å²) in [5, 5.41) is 9.71. The maximum Gasteiger partial charge on any atom is 0.174 e. The zero-order chi connectivity index (χ0) is 20.9. The van der Waals surface area contributed by atoms with Crippen LogP contribution < -0.4 is 5.73 Å². The highest BCUT2D eigenvalue weighted by Crippen LogP contribution is 2.38. The number of hydrogen-bond acceptors (Lipinski definition) is 3. The first-order valence-corrected chi connectivity index (χ1v) is 8.12. The number of hydrogen-bond donors (Lipinski definition) is 2. The van der Waals surface area contributed by atoms with Gasteiger partial charge in [0.2, 0.25) is 0 Å². The summed E-state index contributed by atoms with van der Waals surface area (Å²) in [4.78, 5) is 6.48. The molecule has 144 valence electrons. The fourth-order valence-corrected chi connectivity index (χ4v) is 3.16. The Balaban J connectivity index is 2.08. The minimum atomic E-state index is -1.25. The van der Waals surface area contributed by atoms with Crippen LogP contribution in [0.3, 0.4) is 0 Å². The van der Waals surface area contributed by atoms with Crippen molar-refractivity contribution in [3.8, 4) is 28.5 Å². The lowest BCUT2D eigenvalue weighted by Crippen LogP contribution is -2.04. The van der Waals surface area contributed by atoms with Gasteiger partial charge in [0.25, 0.3) is 0 Å². The minimum Gasteiger partial charge on any atom is -0.381 e. The first kappa shape index (κ1) is 18.4. The first-order valence-electron chi connectivity index (χ1n) is 8.12. The van der Waals surface area contributed by atoms with Crippen LogP contribution in [0.4, 0.5) is 27.8 Å². The molecule has 0 aliphatic heterocycles. The van der Waals surface area contributed by atoms with Crippen LogP contribution in [-0.4, -0.2) is 9.97 Å². The van der Waals surface area contributed by atoms with Crippen molar-refractivity contribution in [1.29, 1.82) is 5.26 Å². The molecule has 2 aromatic carbocycles. The van der Waals surface area contributed by atoms with Gasteiger partial charge < -0.3 is 10.7 Å². The van der Waals surface area contributed by atoms with Crippen molar-refractivity contribution in [3.63, 3.8) is 0 Å². The van der Waals surface area contributed by atoms with Crippen molar-refractivity contribution in [3.05, 3.63) is 71.2 Å². The standard InChI is InChI=1S/C20H9F5N4/c21-9-4-10-12(7-28-19(10)15(24)5-9)18-11(6-26)16(17(25)20(27)29-18)8-1-2-13(22)14(23)3-8/h1-5,7,28H,(H2,27,29). The molecule has 0 unspecified atom stereocenters. The second-order valence-corrected chi connectivity index (χ2v) is 6.16. The topological polar surface area (TPSA) is 78.5 Å². The lowest BCUT2D eigenvalue weighted by atomic mass is 9.95. The molecule has 0 saturated heterocycles. The largest absolute Gasteiger partial charge is 0.381 e. The molecule has 2 aromatic heterocycles. The van der Waals surface area contributed by atoms with Gasteiger partial charge in [-0.1, -0.05) is 6.07 Å². The van der Waals surface area contributed by atoms with E-state index >= 15 is 0 Å². The number of benzene rings is 2. The molecule has 0 aliphatic carbocycles. The van der Waals surface area contributed by atoms with E-state index in [2.05, 4.69) is 9.97 Å². The third kappa shape index (κ3) is 2.86. The monoisotopic (exact) mass is 400 g/mol. The average molecular weight is 400 g/mol. The molecule has 0 radical (unpaired) electrons. The molecule has 0 atom stereocenters. The van der Waals surface area contributed by atoms with Crippen LogP contribution in [0.1, 0.15) is 5.56 Å². The van der Waals surface area contributed by atoms with E-state index in [0.29, 0.717) is 12.1 Å². The third-order valence-electron chi connectivity index (χ3n) is 4.44. The first-order chi connectivity index (χ1) is 13.8. The highest BCUT2D eigenvalue weighted by molar-refractivity contribution is 5.98. The molecular weight excluding hydrogens is 391 g/mol. The van der Waals surface area contributed by atoms with E-state index in [1.807, 2.05) is 0 Å². The van der Waals surface area contributed by atoms with E-state index in [9.17, 15) is 27.2 Å². The number of anilines is 1. The van der Waals surface area contributed by atoms with Gasteiger partial charge >= 0.3 is 0 Å². The summed E-state index contributed by atoms with van der Waals surface area (Å²) in [5.41, 5.74) is 4.61. The number of aromatic amines is 1. The number of nitrogen functional groups attached to an aromatic ring is 1. The molecule has 0 amide bonds. The molecule has 2 heterocycles. The molecule has 4 rings (SSSR count). The Hall–Kier alpha value is -3.93. The molecule has 4 nitrogen and oxygen atoms in total. The molecule has 0 spiro atoms. The number of fused-ring (bicyclic) bond motifs is 1. The zero-order valence-electron chi connectivity index (χ0n) is 14.3. The fourth-order valence-electron chi connectivity index (χ4n) is 3.16. The van der Waals surface area contributed by atoms with Crippen LogP contribution in [0.5, 0.6) is 0 Å². The fraction of sp³-hybridized carbons (Fsp3) is 0. The lowest BCUT2D eigenvalue weighted by Gasteiger charge is -2.12. The maximum absolute atomic E-state index is 14.7. The Labute approximate surface area is 160 Å². The van der Waals surface area contributed by atoms with E-state index in [0.717, 1.165) is 18.2 Å². The number of nitriles is 1. The zero-order valence-corrected chi connectivity index (χ0v) is 14.3. The number of H-pyrrole nitrogens is 1. The molecular formula is C20H9F5N4. The van der Waals surface area contributed by atoms with Crippen molar-refractivity contribution in [2.45, 2.75) is 0 Å². The lowest BCUT2D eigenvalue weighted by molar-refractivity contribution is 0.509. The van der Waals surface area contributed by atoms with Gasteiger partial charge in [-0.05, 0) is 23.8 Å². The molecule has 9 heteroatoms. The summed E-state index contributed by atoms with van der Waals surface area (Å²) < 4.78 is 69.5. The van der Waals surface area contributed by atoms with E-state index < -0.39 is 40.5 Å². The second-order valence-electron chi connectivity index (χ2n) is 6.16. The van der Waals surface area contributed by atoms with Gasteiger partial charge in [0.1, 0.15) is 17.7 Å². The summed E-state index contributed by atoms with van der Waals surface area (Å²) in [7, 11) is 0. The summed E-state index contributed by atoms with van der Waals surface area (Å²) in [6.45, 7) is 0. The van der Waals surface area contributed by atoms with Crippen molar-refractivity contribution in [1.82, 2.24) is 9.97 Å². The van der Waals surface area contributed by atoms with Crippen LogP contribution in [0, 0.1) is 40.4 Å². The number of halogens is 5. The Kier molecular flexibility index (Phi) is 4.19. The van der Waals surface area contributed by atoms with Crippen LogP contribution in [0.25, 0.3) is 33.3 Å². The molecule has 0 saturated carbocycles. The van der Waals surface area contributed by atoms with Gasteiger partial charge in [-0.15, -0.1) is 0 Å². The quantitative estimate of drug-likeness (QED) is 0.463. The van der Waals surface area contributed by atoms with E-state index in [1.54, 1.807) is 6.07 Å². The van der Waals surface area contributed by atoms with Gasteiger partial charge in [0.05, 0.1) is 16.8 Å². The van der Waals surface area contributed by atoms with Gasteiger partial charge in [-0.2, -0.15) is 5.26 Å². The minimum absolute atomic E-state index is 0.0498. The number of nitrogens with two attached hydrogens (primary N) is 1. The van der Waals surface area contributed by atoms with Crippen molar-refractivity contribution in [2.75, 3.05) is 5.73 Å². The predicted octanol–water partition coefficient (Wildman–Crippen LogP) is 5.05. The van der Waals surface area contributed by atoms with Crippen molar-refractivity contribution < 1.29 is 22.0 Å². The van der Waals surface area contributed by atoms with Crippen molar-refractivity contribution in [2.24, 2.45) is 0 Å². The summed E-state index contributed by atoms with van der Waals surface area (Å²) in [6, 6.07) is 6.03. The number of aromatic nitrogens is 2. The van der Waals surface area contributed by atoms with E-state index in [4.69, 9.17) is 5.73 Å². The van der Waals surface area contributed by atoms with Gasteiger partial charge in [-0.3, -0.25) is 0 Å². The second kappa shape index (κ2) is 6.60.